The molecule has 1 N–H and O–H groups in total. The number of unbranched alkanes of at least 4 members (excludes halogenated alkanes) is 2. The van der Waals surface area contributed by atoms with Crippen molar-refractivity contribution in [2.45, 2.75) is 45.4 Å². The highest BCUT2D eigenvalue weighted by molar-refractivity contribution is 5.94. The van der Waals surface area contributed by atoms with Gasteiger partial charge in [0.05, 0.1) is 0 Å². The SMILES string of the molecule is CC(=O)NCCCCCC(=O)N1CCCc2ccccc21. The fourth-order valence-electron chi connectivity index (χ4n) is 2.77. The Morgan fingerprint density at radius 3 is 2.81 bits per heavy atom. The molecule has 0 atom stereocenters. The Morgan fingerprint density at radius 2 is 2.00 bits per heavy atom. The summed E-state index contributed by atoms with van der Waals surface area (Å²) < 4.78 is 0. The highest BCUT2D eigenvalue weighted by atomic mass is 16.2. The van der Waals surface area contributed by atoms with Crippen LogP contribution in [-0.2, 0) is 16.0 Å². The van der Waals surface area contributed by atoms with E-state index >= 15 is 0 Å². The monoisotopic (exact) mass is 288 g/mol. The fraction of sp³-hybridized carbons (Fsp3) is 0.529. The van der Waals surface area contributed by atoms with Crippen LogP contribution in [0.1, 0.15) is 44.6 Å². The highest BCUT2D eigenvalue weighted by Crippen LogP contribution is 2.27. The molecule has 4 nitrogen and oxygen atoms in total. The number of amides is 2. The second kappa shape index (κ2) is 7.81. The summed E-state index contributed by atoms with van der Waals surface area (Å²) in [4.78, 5) is 25.0. The highest BCUT2D eigenvalue weighted by Gasteiger charge is 2.21. The van der Waals surface area contributed by atoms with Crippen molar-refractivity contribution in [3.05, 3.63) is 29.8 Å². The van der Waals surface area contributed by atoms with Crippen molar-refractivity contribution < 1.29 is 9.59 Å². The van der Waals surface area contributed by atoms with Crippen LogP contribution in [-0.4, -0.2) is 24.9 Å². The number of rotatable bonds is 6. The van der Waals surface area contributed by atoms with Crippen molar-refractivity contribution in [3.63, 3.8) is 0 Å². The third kappa shape index (κ3) is 4.59. The first-order chi connectivity index (χ1) is 10.2. The van der Waals surface area contributed by atoms with E-state index < -0.39 is 0 Å². The first kappa shape index (κ1) is 15.5. The lowest BCUT2D eigenvalue weighted by atomic mass is 10.0. The molecule has 0 unspecified atom stereocenters. The Hall–Kier alpha value is -1.84. The number of carbonyl (C=O) groups is 2. The Balaban J connectivity index is 1.76. The van der Waals surface area contributed by atoms with Crippen molar-refractivity contribution in [2.75, 3.05) is 18.0 Å². The van der Waals surface area contributed by atoms with E-state index in [1.54, 1.807) is 0 Å². The summed E-state index contributed by atoms with van der Waals surface area (Å²) in [5, 5.41) is 2.78. The van der Waals surface area contributed by atoms with Gasteiger partial charge in [0.25, 0.3) is 0 Å². The number of hydrogen-bond donors (Lipinski definition) is 1. The summed E-state index contributed by atoms with van der Waals surface area (Å²) in [6.07, 6.45) is 5.50. The molecule has 0 fully saturated rings. The molecule has 4 heteroatoms. The van der Waals surface area contributed by atoms with Gasteiger partial charge in [-0.05, 0) is 37.3 Å². The summed E-state index contributed by atoms with van der Waals surface area (Å²) >= 11 is 0. The average Bonchev–Trinajstić information content (AvgIpc) is 2.49. The zero-order chi connectivity index (χ0) is 15.1. The minimum Gasteiger partial charge on any atom is -0.356 e. The first-order valence-corrected chi connectivity index (χ1v) is 7.81. The molecule has 1 aliphatic rings. The predicted octanol–water partition coefficient (Wildman–Crippen LogP) is 2.66. The van der Waals surface area contributed by atoms with E-state index in [1.807, 2.05) is 23.1 Å². The lowest BCUT2D eigenvalue weighted by Gasteiger charge is -2.29. The van der Waals surface area contributed by atoms with E-state index in [1.165, 1.54) is 12.5 Å². The Morgan fingerprint density at radius 1 is 1.19 bits per heavy atom. The van der Waals surface area contributed by atoms with Crippen LogP contribution in [0.2, 0.25) is 0 Å². The largest absolute Gasteiger partial charge is 0.356 e. The minimum atomic E-state index is 0.0102. The standard InChI is InChI=1S/C17H24N2O2/c1-14(20)18-12-6-2-3-11-17(21)19-13-7-9-15-8-4-5-10-16(15)19/h4-5,8,10H,2-3,6-7,9,11-13H2,1H3,(H,18,20). The topological polar surface area (TPSA) is 49.4 Å². The number of fused-ring (bicyclic) bond motifs is 1. The molecule has 0 aliphatic carbocycles. The van der Waals surface area contributed by atoms with Gasteiger partial charge in [-0.1, -0.05) is 24.6 Å². The summed E-state index contributed by atoms with van der Waals surface area (Å²) in [6, 6.07) is 8.19. The molecule has 0 saturated heterocycles. The van der Waals surface area contributed by atoms with Gasteiger partial charge in [0.2, 0.25) is 11.8 Å². The molecule has 21 heavy (non-hydrogen) atoms. The lowest BCUT2D eigenvalue weighted by Crippen LogP contribution is -2.35. The molecule has 1 aromatic carbocycles. The second-order valence-electron chi connectivity index (χ2n) is 5.57. The maximum Gasteiger partial charge on any atom is 0.226 e. The Bertz CT molecular complexity index is 499. The van der Waals surface area contributed by atoms with Crippen molar-refractivity contribution in [2.24, 2.45) is 0 Å². The molecule has 2 rings (SSSR count). The average molecular weight is 288 g/mol. The van der Waals surface area contributed by atoms with Gasteiger partial charge in [0, 0.05) is 32.1 Å². The number of anilines is 1. The summed E-state index contributed by atoms with van der Waals surface area (Å²) in [6.45, 7) is 3.06. The predicted molar refractivity (Wildman–Crippen MR) is 84.3 cm³/mol. The van der Waals surface area contributed by atoms with Gasteiger partial charge in [-0.3, -0.25) is 9.59 Å². The minimum absolute atomic E-state index is 0.0102. The van der Waals surface area contributed by atoms with Crippen molar-refractivity contribution in [1.29, 1.82) is 0 Å². The summed E-state index contributed by atoms with van der Waals surface area (Å²) in [7, 11) is 0. The van der Waals surface area contributed by atoms with Gasteiger partial charge in [-0.2, -0.15) is 0 Å². The van der Waals surface area contributed by atoms with Crippen LogP contribution in [0.4, 0.5) is 5.69 Å². The smallest absolute Gasteiger partial charge is 0.226 e. The molecule has 1 aromatic rings. The third-order valence-electron chi connectivity index (χ3n) is 3.85. The van der Waals surface area contributed by atoms with Gasteiger partial charge >= 0.3 is 0 Å². The number of aryl methyl sites for hydroxylation is 1. The zero-order valence-electron chi connectivity index (χ0n) is 12.7. The zero-order valence-corrected chi connectivity index (χ0v) is 12.7. The molecule has 2 amide bonds. The number of benzene rings is 1. The Kier molecular flexibility index (Phi) is 5.78. The molecule has 0 saturated carbocycles. The van der Waals surface area contributed by atoms with Crippen molar-refractivity contribution >= 4 is 17.5 Å². The van der Waals surface area contributed by atoms with Crippen LogP contribution in [0.5, 0.6) is 0 Å². The van der Waals surface area contributed by atoms with E-state index in [4.69, 9.17) is 0 Å². The van der Waals surface area contributed by atoms with Crippen molar-refractivity contribution in [1.82, 2.24) is 5.32 Å². The van der Waals surface area contributed by atoms with Crippen molar-refractivity contribution in [3.8, 4) is 0 Å². The quantitative estimate of drug-likeness (QED) is 0.818. The van der Waals surface area contributed by atoms with E-state index in [9.17, 15) is 9.59 Å². The second-order valence-corrected chi connectivity index (χ2v) is 5.57. The fourth-order valence-corrected chi connectivity index (χ4v) is 2.77. The first-order valence-electron chi connectivity index (χ1n) is 7.81. The van der Waals surface area contributed by atoms with E-state index in [0.29, 0.717) is 13.0 Å². The van der Waals surface area contributed by atoms with Crippen LogP contribution in [0, 0.1) is 0 Å². The summed E-state index contributed by atoms with van der Waals surface area (Å²) in [5.74, 6) is 0.234. The lowest BCUT2D eigenvalue weighted by molar-refractivity contribution is -0.119. The van der Waals surface area contributed by atoms with Crippen LogP contribution >= 0.6 is 0 Å². The van der Waals surface area contributed by atoms with Crippen LogP contribution < -0.4 is 10.2 Å². The van der Waals surface area contributed by atoms with Gasteiger partial charge in [-0.25, -0.2) is 0 Å². The van der Waals surface area contributed by atoms with E-state index in [0.717, 1.165) is 44.3 Å². The molecule has 1 heterocycles. The normalized spacial score (nSPS) is 13.7. The molecular formula is C17H24N2O2. The van der Waals surface area contributed by atoms with Gasteiger partial charge in [0.1, 0.15) is 0 Å². The maximum atomic E-state index is 12.4. The number of hydrogen-bond acceptors (Lipinski definition) is 2. The Labute approximate surface area is 126 Å². The van der Waals surface area contributed by atoms with Crippen LogP contribution in [0.3, 0.4) is 0 Å². The summed E-state index contributed by atoms with van der Waals surface area (Å²) in [5.41, 5.74) is 2.37. The van der Waals surface area contributed by atoms with Crippen LogP contribution in [0.25, 0.3) is 0 Å². The van der Waals surface area contributed by atoms with E-state index in [2.05, 4.69) is 11.4 Å². The van der Waals surface area contributed by atoms with Gasteiger partial charge in [-0.15, -0.1) is 0 Å². The molecule has 114 valence electrons. The maximum absolute atomic E-state index is 12.4. The van der Waals surface area contributed by atoms with Crippen LogP contribution in [0.15, 0.2) is 24.3 Å². The molecule has 0 spiro atoms. The molecule has 1 aliphatic heterocycles. The van der Waals surface area contributed by atoms with Gasteiger partial charge < -0.3 is 10.2 Å². The number of para-hydroxylation sites is 1. The van der Waals surface area contributed by atoms with E-state index in [-0.39, 0.29) is 11.8 Å². The molecular weight excluding hydrogens is 264 g/mol. The third-order valence-corrected chi connectivity index (χ3v) is 3.85. The number of nitrogens with one attached hydrogen (secondary N) is 1. The molecule has 0 radical (unpaired) electrons. The molecule has 0 aromatic heterocycles. The molecule has 0 bridgehead atoms. The number of carbonyl (C=O) groups excluding carboxylic acids is 2. The number of nitrogens with zero attached hydrogens (tertiary/aromatic N) is 1. The van der Waals surface area contributed by atoms with Gasteiger partial charge in [0.15, 0.2) is 0 Å².